The van der Waals surface area contributed by atoms with Gasteiger partial charge in [-0.3, -0.25) is 19.3 Å². The average Bonchev–Trinajstić information content (AvgIpc) is 3.06. The van der Waals surface area contributed by atoms with Crippen molar-refractivity contribution in [1.82, 2.24) is 15.5 Å². The molecule has 0 aliphatic carbocycles. The lowest BCUT2D eigenvalue weighted by atomic mass is 10.0. The van der Waals surface area contributed by atoms with Gasteiger partial charge in [0.25, 0.3) is 11.8 Å². The van der Waals surface area contributed by atoms with Crippen LogP contribution in [0.15, 0.2) is 36.4 Å². The van der Waals surface area contributed by atoms with E-state index < -0.39 is 0 Å². The van der Waals surface area contributed by atoms with E-state index in [1.54, 1.807) is 0 Å². The Bertz CT molecular complexity index is 771. The zero-order valence-electron chi connectivity index (χ0n) is 19.5. The summed E-state index contributed by atoms with van der Waals surface area (Å²) in [6, 6.07) is 7.62. The predicted octanol–water partition coefficient (Wildman–Crippen LogP) is 2.88. The lowest BCUT2D eigenvalue weighted by Gasteiger charge is -2.24. The van der Waals surface area contributed by atoms with Crippen molar-refractivity contribution in [3.63, 3.8) is 0 Å². The number of carbonyl (C=O) groups is 3. The summed E-state index contributed by atoms with van der Waals surface area (Å²) < 4.78 is 0. The zero-order chi connectivity index (χ0) is 23.5. The topological polar surface area (TPSA) is 90.5 Å². The molecule has 0 fully saturated rings. The highest BCUT2D eigenvalue weighted by molar-refractivity contribution is 6.12. The highest BCUT2D eigenvalue weighted by atomic mass is 16.2. The summed E-state index contributed by atoms with van der Waals surface area (Å²) in [7, 11) is 0. The Morgan fingerprint density at radius 1 is 0.969 bits per heavy atom. The van der Waals surface area contributed by atoms with Gasteiger partial charge in [-0.25, -0.2) is 0 Å². The van der Waals surface area contributed by atoms with E-state index in [1.165, 1.54) is 17.1 Å². The average molecular weight is 442 g/mol. The molecule has 2 atom stereocenters. The van der Waals surface area contributed by atoms with Crippen LogP contribution in [0.1, 0.15) is 52.0 Å². The second kappa shape index (κ2) is 13.0. The maximum Gasteiger partial charge on any atom is 0.253 e. The van der Waals surface area contributed by atoms with Crippen LogP contribution in [0.2, 0.25) is 0 Å². The summed E-state index contributed by atoms with van der Waals surface area (Å²) in [5, 5.41) is 9.80. The summed E-state index contributed by atoms with van der Waals surface area (Å²) in [5.41, 5.74) is 1.98. The van der Waals surface area contributed by atoms with E-state index in [0.29, 0.717) is 13.1 Å². The smallest absolute Gasteiger partial charge is 0.253 e. The molecule has 1 aromatic carbocycles. The number of hydrogen-bond acceptors (Lipinski definition) is 5. The van der Waals surface area contributed by atoms with Gasteiger partial charge in [-0.15, -0.1) is 0 Å². The first-order chi connectivity index (χ1) is 15.3. The largest absolute Gasteiger partial charge is 0.383 e. The van der Waals surface area contributed by atoms with Crippen LogP contribution >= 0.6 is 0 Å². The van der Waals surface area contributed by atoms with Crippen molar-refractivity contribution < 1.29 is 14.4 Å². The molecule has 32 heavy (non-hydrogen) atoms. The van der Waals surface area contributed by atoms with E-state index in [1.807, 2.05) is 45.0 Å². The van der Waals surface area contributed by atoms with Crippen molar-refractivity contribution in [3.8, 4) is 0 Å². The molecule has 0 aromatic heterocycles. The molecule has 7 nitrogen and oxygen atoms in total. The lowest BCUT2D eigenvalue weighted by molar-refractivity contribution is -0.136. The minimum absolute atomic E-state index is 0.00419. The molecule has 175 valence electrons. The molecule has 1 aromatic rings. The van der Waals surface area contributed by atoms with Gasteiger partial charge in [-0.05, 0) is 56.8 Å². The fourth-order valence-corrected chi connectivity index (χ4v) is 3.57. The molecule has 0 bridgehead atoms. The van der Waals surface area contributed by atoms with Crippen LogP contribution in [-0.4, -0.2) is 54.3 Å². The Morgan fingerprint density at radius 2 is 1.59 bits per heavy atom. The number of unbranched alkanes of at least 4 members (excludes halogenated alkanes) is 3. The zero-order valence-corrected chi connectivity index (χ0v) is 19.5. The molecule has 1 aliphatic rings. The summed E-state index contributed by atoms with van der Waals surface area (Å²) in [4.78, 5) is 37.1. The van der Waals surface area contributed by atoms with Crippen LogP contribution < -0.4 is 16.0 Å². The van der Waals surface area contributed by atoms with Crippen molar-refractivity contribution in [2.24, 2.45) is 5.92 Å². The van der Waals surface area contributed by atoms with Crippen LogP contribution in [0.4, 0.5) is 5.69 Å². The minimum Gasteiger partial charge on any atom is -0.383 e. The van der Waals surface area contributed by atoms with Crippen molar-refractivity contribution in [2.75, 3.05) is 25.0 Å². The van der Waals surface area contributed by atoms with Crippen LogP contribution in [0, 0.1) is 12.8 Å². The van der Waals surface area contributed by atoms with Gasteiger partial charge >= 0.3 is 0 Å². The number of benzene rings is 1. The molecular weight excluding hydrogens is 404 g/mol. The van der Waals surface area contributed by atoms with Crippen LogP contribution in [0.5, 0.6) is 0 Å². The van der Waals surface area contributed by atoms with E-state index in [2.05, 4.69) is 22.9 Å². The molecule has 7 heteroatoms. The van der Waals surface area contributed by atoms with Gasteiger partial charge in [-0.2, -0.15) is 0 Å². The van der Waals surface area contributed by atoms with Gasteiger partial charge in [0.15, 0.2) is 0 Å². The van der Waals surface area contributed by atoms with E-state index in [4.69, 9.17) is 0 Å². The summed E-state index contributed by atoms with van der Waals surface area (Å²) >= 11 is 0. The standard InChI is InChI=1S/C25H37N4O3/c1-18(2)24(25(32)28-20(4)17-27-21-11-9-19(3)10-12-21)26-15-7-5-6-8-16-29-22(30)13-14-23(29)31/h9-14,18,20,24,26-27H,3,5-8,15-17H2,1-2,4H3,(H,28,32)/t20-,24-/m0/s1. The fraction of sp³-hybridized carbons (Fsp3) is 0.520. The molecule has 0 saturated carbocycles. The minimum atomic E-state index is -0.242. The van der Waals surface area contributed by atoms with E-state index >= 15 is 0 Å². The van der Waals surface area contributed by atoms with Gasteiger partial charge in [0, 0.05) is 37.0 Å². The maximum absolute atomic E-state index is 12.7. The van der Waals surface area contributed by atoms with Gasteiger partial charge in [0.2, 0.25) is 5.91 Å². The van der Waals surface area contributed by atoms with Crippen LogP contribution in [0.3, 0.4) is 0 Å². The number of amides is 3. The molecule has 3 amide bonds. The molecule has 0 saturated heterocycles. The first-order valence-corrected chi connectivity index (χ1v) is 11.5. The SMILES string of the molecule is [CH2]c1ccc(NC[C@H](C)NC(=O)[C@@H](NCCCCCCN2C(=O)C=CC2=O)C(C)C)cc1. The van der Waals surface area contributed by atoms with Crippen molar-refractivity contribution in [2.45, 2.75) is 58.5 Å². The Hall–Kier alpha value is -2.67. The van der Waals surface area contributed by atoms with Gasteiger partial charge in [0.05, 0.1) is 6.04 Å². The van der Waals surface area contributed by atoms with E-state index in [9.17, 15) is 14.4 Å². The lowest BCUT2D eigenvalue weighted by Crippen LogP contribution is -2.51. The number of imide groups is 1. The number of carbonyl (C=O) groups excluding carboxylic acids is 3. The third-order valence-electron chi connectivity index (χ3n) is 5.48. The quantitative estimate of drug-likeness (QED) is 0.305. The highest BCUT2D eigenvalue weighted by Crippen LogP contribution is 2.10. The number of anilines is 1. The van der Waals surface area contributed by atoms with Gasteiger partial charge in [0.1, 0.15) is 0 Å². The first-order valence-electron chi connectivity index (χ1n) is 11.5. The Morgan fingerprint density at radius 3 is 2.22 bits per heavy atom. The Kier molecular flexibility index (Phi) is 10.4. The third kappa shape index (κ3) is 8.46. The molecule has 3 N–H and O–H groups in total. The number of rotatable bonds is 14. The molecule has 1 heterocycles. The second-order valence-corrected chi connectivity index (χ2v) is 8.74. The maximum atomic E-state index is 12.7. The molecule has 1 radical (unpaired) electrons. The van der Waals surface area contributed by atoms with Crippen LogP contribution in [0.25, 0.3) is 0 Å². The summed E-state index contributed by atoms with van der Waals surface area (Å²) in [5.74, 6) is -0.244. The van der Waals surface area contributed by atoms with Gasteiger partial charge < -0.3 is 16.0 Å². The van der Waals surface area contributed by atoms with Crippen molar-refractivity contribution in [1.29, 1.82) is 0 Å². The molecular formula is C25H37N4O3. The summed E-state index contributed by atoms with van der Waals surface area (Å²) in [6.07, 6.45) is 6.30. The van der Waals surface area contributed by atoms with E-state index in [0.717, 1.165) is 43.5 Å². The highest BCUT2D eigenvalue weighted by Gasteiger charge is 2.23. The van der Waals surface area contributed by atoms with E-state index in [-0.39, 0.29) is 35.7 Å². The monoisotopic (exact) mass is 441 g/mol. The van der Waals surface area contributed by atoms with Crippen LogP contribution in [-0.2, 0) is 14.4 Å². The molecule has 2 rings (SSSR count). The molecule has 0 spiro atoms. The third-order valence-corrected chi connectivity index (χ3v) is 5.48. The normalized spacial score (nSPS) is 15.3. The number of nitrogens with zero attached hydrogens (tertiary/aromatic N) is 1. The number of hydrogen-bond donors (Lipinski definition) is 3. The summed E-state index contributed by atoms with van der Waals surface area (Å²) in [6.45, 7) is 11.8. The fourth-order valence-electron chi connectivity index (χ4n) is 3.57. The molecule has 1 aliphatic heterocycles. The van der Waals surface area contributed by atoms with Gasteiger partial charge in [-0.1, -0.05) is 38.8 Å². The second-order valence-electron chi connectivity index (χ2n) is 8.74. The number of nitrogens with one attached hydrogen (secondary N) is 3. The molecule has 0 unspecified atom stereocenters. The Balaban J connectivity index is 1.62. The Labute approximate surface area is 192 Å². The van der Waals surface area contributed by atoms with Crippen molar-refractivity contribution in [3.05, 3.63) is 48.9 Å². The van der Waals surface area contributed by atoms with Crippen molar-refractivity contribution >= 4 is 23.4 Å². The predicted molar refractivity (Wildman–Crippen MR) is 128 cm³/mol. The first kappa shape index (κ1) is 25.6.